The topological polar surface area (TPSA) is 89.7 Å². The maximum Gasteiger partial charge on any atom is 0.339 e. The summed E-state index contributed by atoms with van der Waals surface area (Å²) in [7, 11) is 0. The minimum Gasteiger partial charge on any atom is -0.452 e. The molecule has 0 atom stereocenters. The van der Waals surface area contributed by atoms with Crippen LogP contribution < -0.4 is 5.73 Å². The second kappa shape index (κ2) is 8.49. The number of primary amides is 1. The molecular formula is C21H22N2O4. The van der Waals surface area contributed by atoms with E-state index < -0.39 is 5.97 Å². The van der Waals surface area contributed by atoms with Crippen LogP contribution in [0.25, 0.3) is 11.1 Å². The molecule has 0 saturated carbocycles. The number of rotatable bonds is 5. The van der Waals surface area contributed by atoms with Gasteiger partial charge in [0.2, 0.25) is 5.91 Å². The van der Waals surface area contributed by atoms with Crippen LogP contribution in [0, 0.1) is 5.92 Å². The molecule has 6 nitrogen and oxygen atoms in total. The van der Waals surface area contributed by atoms with Gasteiger partial charge in [-0.2, -0.15) is 0 Å². The normalized spacial score (nSPS) is 14.6. The lowest BCUT2D eigenvalue weighted by atomic mass is 9.96. The molecule has 2 N–H and O–H groups in total. The highest BCUT2D eigenvalue weighted by Gasteiger charge is 2.26. The van der Waals surface area contributed by atoms with Gasteiger partial charge >= 0.3 is 5.97 Å². The molecule has 1 saturated heterocycles. The van der Waals surface area contributed by atoms with E-state index in [-0.39, 0.29) is 24.3 Å². The Labute approximate surface area is 157 Å². The number of nitrogens with two attached hydrogens (primary N) is 1. The summed E-state index contributed by atoms with van der Waals surface area (Å²) in [4.78, 5) is 37.6. The summed E-state index contributed by atoms with van der Waals surface area (Å²) in [5, 5.41) is 0. The van der Waals surface area contributed by atoms with Crippen molar-refractivity contribution < 1.29 is 19.1 Å². The third-order valence-electron chi connectivity index (χ3n) is 4.81. The van der Waals surface area contributed by atoms with Crippen LogP contribution in [0.3, 0.4) is 0 Å². The van der Waals surface area contributed by atoms with E-state index in [1.165, 1.54) is 0 Å². The van der Waals surface area contributed by atoms with Crippen LogP contribution in [-0.2, 0) is 14.3 Å². The lowest BCUT2D eigenvalue weighted by Crippen LogP contribution is -2.43. The number of ether oxygens (including phenoxy) is 1. The highest BCUT2D eigenvalue weighted by Crippen LogP contribution is 2.24. The number of carbonyl (C=O) groups is 3. The van der Waals surface area contributed by atoms with Crippen molar-refractivity contribution in [3.63, 3.8) is 0 Å². The molecule has 1 fully saturated rings. The number of piperidine rings is 1. The van der Waals surface area contributed by atoms with Gasteiger partial charge in [0.15, 0.2) is 6.61 Å². The molecule has 27 heavy (non-hydrogen) atoms. The van der Waals surface area contributed by atoms with E-state index in [0.29, 0.717) is 31.5 Å². The molecule has 3 rings (SSSR count). The van der Waals surface area contributed by atoms with E-state index in [1.807, 2.05) is 42.5 Å². The molecule has 0 spiro atoms. The highest BCUT2D eigenvalue weighted by molar-refractivity contribution is 5.98. The number of hydrogen-bond acceptors (Lipinski definition) is 4. The van der Waals surface area contributed by atoms with Crippen LogP contribution in [0.4, 0.5) is 0 Å². The number of hydrogen-bond donors (Lipinski definition) is 1. The summed E-state index contributed by atoms with van der Waals surface area (Å²) in [6, 6.07) is 16.7. The molecule has 2 aromatic rings. The van der Waals surface area contributed by atoms with Gasteiger partial charge < -0.3 is 15.4 Å². The van der Waals surface area contributed by atoms with Crippen molar-refractivity contribution in [1.82, 2.24) is 4.90 Å². The fraction of sp³-hybridized carbons (Fsp3) is 0.286. The molecule has 0 aliphatic carbocycles. The third-order valence-corrected chi connectivity index (χ3v) is 4.81. The van der Waals surface area contributed by atoms with Gasteiger partial charge in [-0.3, -0.25) is 9.59 Å². The third kappa shape index (κ3) is 4.53. The van der Waals surface area contributed by atoms with Crippen molar-refractivity contribution in [3.8, 4) is 11.1 Å². The Hall–Kier alpha value is -3.15. The average Bonchev–Trinajstić information content (AvgIpc) is 2.72. The number of carbonyl (C=O) groups excluding carboxylic acids is 3. The Bertz CT molecular complexity index is 827. The first-order valence-corrected chi connectivity index (χ1v) is 8.95. The largest absolute Gasteiger partial charge is 0.452 e. The SMILES string of the molecule is NC(=O)C1CCN(C(=O)COC(=O)c2ccccc2-c2ccccc2)CC1. The summed E-state index contributed by atoms with van der Waals surface area (Å²) < 4.78 is 5.26. The Morgan fingerprint density at radius 3 is 2.26 bits per heavy atom. The minimum absolute atomic E-state index is 0.186. The molecule has 6 heteroatoms. The van der Waals surface area contributed by atoms with Crippen LogP contribution in [0.1, 0.15) is 23.2 Å². The second-order valence-electron chi connectivity index (χ2n) is 6.55. The predicted octanol–water partition coefficient (Wildman–Crippen LogP) is 2.23. The quantitative estimate of drug-likeness (QED) is 0.822. The molecule has 0 aromatic heterocycles. The fourth-order valence-corrected chi connectivity index (χ4v) is 3.24. The average molecular weight is 366 g/mol. The molecule has 2 aromatic carbocycles. The first-order chi connectivity index (χ1) is 13.1. The van der Waals surface area contributed by atoms with Crippen LogP contribution >= 0.6 is 0 Å². The maximum atomic E-state index is 12.5. The van der Waals surface area contributed by atoms with Crippen LogP contribution in [0.5, 0.6) is 0 Å². The van der Waals surface area contributed by atoms with E-state index >= 15 is 0 Å². The van der Waals surface area contributed by atoms with E-state index in [4.69, 9.17) is 10.5 Å². The summed E-state index contributed by atoms with van der Waals surface area (Å²) in [5.74, 6) is -1.31. The summed E-state index contributed by atoms with van der Waals surface area (Å²) in [5.41, 5.74) is 7.39. The van der Waals surface area contributed by atoms with Crippen molar-refractivity contribution in [2.24, 2.45) is 11.7 Å². The van der Waals surface area contributed by atoms with Gasteiger partial charge in [-0.15, -0.1) is 0 Å². The molecular weight excluding hydrogens is 344 g/mol. The number of likely N-dealkylation sites (tertiary alicyclic amines) is 1. The fourth-order valence-electron chi connectivity index (χ4n) is 3.24. The zero-order valence-electron chi connectivity index (χ0n) is 15.0. The maximum absolute atomic E-state index is 12.5. The van der Waals surface area contributed by atoms with E-state index in [0.717, 1.165) is 11.1 Å². The molecule has 2 amide bonds. The Kier molecular flexibility index (Phi) is 5.86. The van der Waals surface area contributed by atoms with Crippen LogP contribution in [0.2, 0.25) is 0 Å². The van der Waals surface area contributed by atoms with Crippen molar-refractivity contribution in [1.29, 1.82) is 0 Å². The van der Waals surface area contributed by atoms with Gasteiger partial charge in [-0.05, 0) is 30.0 Å². The lowest BCUT2D eigenvalue weighted by Gasteiger charge is -2.30. The predicted molar refractivity (Wildman–Crippen MR) is 101 cm³/mol. The van der Waals surface area contributed by atoms with Crippen LogP contribution in [-0.4, -0.2) is 42.4 Å². The van der Waals surface area contributed by atoms with Crippen molar-refractivity contribution in [2.75, 3.05) is 19.7 Å². The lowest BCUT2D eigenvalue weighted by molar-refractivity contribution is -0.137. The minimum atomic E-state index is -0.533. The molecule has 0 unspecified atom stereocenters. The van der Waals surface area contributed by atoms with Gasteiger partial charge in [0, 0.05) is 19.0 Å². The van der Waals surface area contributed by atoms with Crippen molar-refractivity contribution in [2.45, 2.75) is 12.8 Å². The number of amides is 2. The smallest absolute Gasteiger partial charge is 0.339 e. The van der Waals surface area contributed by atoms with E-state index in [1.54, 1.807) is 17.0 Å². The summed E-state index contributed by atoms with van der Waals surface area (Å²) >= 11 is 0. The number of benzene rings is 2. The molecule has 1 aliphatic rings. The molecule has 140 valence electrons. The summed E-state index contributed by atoms with van der Waals surface area (Å²) in [6.07, 6.45) is 1.09. The molecule has 1 aliphatic heterocycles. The Morgan fingerprint density at radius 1 is 0.963 bits per heavy atom. The van der Waals surface area contributed by atoms with Crippen molar-refractivity contribution >= 4 is 17.8 Å². The number of nitrogens with zero attached hydrogens (tertiary/aromatic N) is 1. The zero-order chi connectivity index (χ0) is 19.2. The van der Waals surface area contributed by atoms with Crippen molar-refractivity contribution in [3.05, 3.63) is 60.2 Å². The number of esters is 1. The first-order valence-electron chi connectivity index (χ1n) is 8.95. The van der Waals surface area contributed by atoms with Gasteiger partial charge in [-0.1, -0.05) is 48.5 Å². The van der Waals surface area contributed by atoms with E-state index in [9.17, 15) is 14.4 Å². The van der Waals surface area contributed by atoms with E-state index in [2.05, 4.69) is 0 Å². The molecule has 1 heterocycles. The standard InChI is InChI=1S/C21H22N2O4/c22-20(25)16-10-12-23(13-11-16)19(24)14-27-21(26)18-9-5-4-8-17(18)15-6-2-1-3-7-15/h1-9,16H,10-14H2,(H2,22,25). The Balaban J connectivity index is 1.61. The zero-order valence-corrected chi connectivity index (χ0v) is 15.0. The molecule has 0 bridgehead atoms. The molecule has 0 radical (unpaired) electrons. The van der Waals surface area contributed by atoms with Gasteiger partial charge in [0.25, 0.3) is 5.91 Å². The van der Waals surface area contributed by atoms with Crippen LogP contribution in [0.15, 0.2) is 54.6 Å². The monoisotopic (exact) mass is 366 g/mol. The van der Waals surface area contributed by atoms with Gasteiger partial charge in [0.05, 0.1) is 5.56 Å². The van der Waals surface area contributed by atoms with Gasteiger partial charge in [-0.25, -0.2) is 4.79 Å². The second-order valence-corrected chi connectivity index (χ2v) is 6.55. The Morgan fingerprint density at radius 2 is 1.59 bits per heavy atom. The van der Waals surface area contributed by atoms with Gasteiger partial charge in [0.1, 0.15) is 0 Å². The summed E-state index contributed by atoms with van der Waals surface area (Å²) in [6.45, 7) is 0.582. The highest BCUT2D eigenvalue weighted by atomic mass is 16.5. The first kappa shape index (κ1) is 18.6.